The van der Waals surface area contributed by atoms with Crippen molar-refractivity contribution in [3.63, 3.8) is 0 Å². The molecule has 0 radical (unpaired) electrons. The minimum Gasteiger partial charge on any atom is -0.486 e. The van der Waals surface area contributed by atoms with Crippen molar-refractivity contribution in [1.29, 1.82) is 0 Å². The fourth-order valence-corrected chi connectivity index (χ4v) is 3.32. The van der Waals surface area contributed by atoms with E-state index in [0.717, 1.165) is 15.9 Å². The molecule has 0 bridgehead atoms. The molecule has 0 amide bonds. The smallest absolute Gasteiger partial charge is 0.140 e. The molecule has 0 aliphatic carbocycles. The molecule has 0 saturated carbocycles. The van der Waals surface area contributed by atoms with Gasteiger partial charge in [-0.3, -0.25) is 0 Å². The molecule has 0 aliphatic heterocycles. The van der Waals surface area contributed by atoms with Gasteiger partial charge in [-0.15, -0.1) is 11.3 Å². The van der Waals surface area contributed by atoms with E-state index in [1.54, 1.807) is 23.5 Å². The van der Waals surface area contributed by atoms with E-state index in [1.165, 1.54) is 4.88 Å². The summed E-state index contributed by atoms with van der Waals surface area (Å²) >= 11 is 17.2. The molecule has 0 unspecified atom stereocenters. The average Bonchev–Trinajstić information content (AvgIpc) is 2.80. The van der Waals surface area contributed by atoms with E-state index >= 15 is 0 Å². The van der Waals surface area contributed by atoms with Crippen LogP contribution in [-0.2, 0) is 13.2 Å². The van der Waals surface area contributed by atoms with E-state index in [9.17, 15) is 0 Å². The highest BCUT2D eigenvalue weighted by atomic mass is 79.9. The molecular weight excluding hydrogens is 369 g/mol. The van der Waals surface area contributed by atoms with Crippen LogP contribution in [0.3, 0.4) is 0 Å². The number of benzene rings is 1. The standard InChI is InChI=1S/C13H12BrCl2NOS/c1-17-6-8-2-3-9(19-8)7-18-13-5-11(15)10(14)4-12(13)16/h2-5,17H,6-7H2,1H3. The summed E-state index contributed by atoms with van der Waals surface area (Å²) in [7, 11) is 1.93. The third-order valence-corrected chi connectivity index (χ3v) is 4.96. The minimum absolute atomic E-state index is 0.492. The Kier molecular flexibility index (Phi) is 5.54. The Hall–Kier alpha value is -0.260. The summed E-state index contributed by atoms with van der Waals surface area (Å²) in [6, 6.07) is 7.61. The Bertz CT molecular complexity index is 574. The van der Waals surface area contributed by atoms with Gasteiger partial charge in [-0.2, -0.15) is 0 Å². The number of nitrogens with one attached hydrogen (secondary N) is 1. The molecule has 1 aromatic carbocycles. The van der Waals surface area contributed by atoms with Crippen LogP contribution < -0.4 is 10.1 Å². The lowest BCUT2D eigenvalue weighted by Crippen LogP contribution is -2.02. The van der Waals surface area contributed by atoms with E-state index in [0.29, 0.717) is 22.4 Å². The van der Waals surface area contributed by atoms with E-state index in [4.69, 9.17) is 27.9 Å². The highest BCUT2D eigenvalue weighted by Crippen LogP contribution is 2.34. The van der Waals surface area contributed by atoms with Crippen LogP contribution >= 0.6 is 50.5 Å². The first kappa shape index (κ1) is 15.1. The number of thiophene rings is 1. The molecule has 1 N–H and O–H groups in total. The maximum atomic E-state index is 6.10. The lowest BCUT2D eigenvalue weighted by Gasteiger charge is -2.08. The second kappa shape index (κ2) is 6.95. The summed E-state index contributed by atoms with van der Waals surface area (Å²) in [6.45, 7) is 1.36. The molecule has 0 spiro atoms. The van der Waals surface area contributed by atoms with Gasteiger partial charge in [0.1, 0.15) is 12.4 Å². The summed E-state index contributed by atoms with van der Waals surface area (Å²) in [5.41, 5.74) is 0. The highest BCUT2D eigenvalue weighted by Gasteiger charge is 2.08. The summed E-state index contributed by atoms with van der Waals surface area (Å²) in [4.78, 5) is 2.43. The van der Waals surface area contributed by atoms with Crippen molar-refractivity contribution < 1.29 is 4.74 Å². The van der Waals surface area contributed by atoms with E-state index < -0.39 is 0 Å². The zero-order valence-electron chi connectivity index (χ0n) is 10.2. The van der Waals surface area contributed by atoms with Crippen molar-refractivity contribution in [3.05, 3.63) is 48.5 Å². The molecule has 102 valence electrons. The fourth-order valence-electron chi connectivity index (χ4n) is 1.53. The topological polar surface area (TPSA) is 21.3 Å². The first-order valence-corrected chi connectivity index (χ1v) is 7.96. The first-order chi connectivity index (χ1) is 9.10. The Morgan fingerprint density at radius 1 is 1.21 bits per heavy atom. The van der Waals surface area contributed by atoms with Crippen molar-refractivity contribution in [2.75, 3.05) is 7.05 Å². The van der Waals surface area contributed by atoms with E-state index in [-0.39, 0.29) is 0 Å². The average molecular weight is 381 g/mol. The lowest BCUT2D eigenvalue weighted by atomic mass is 10.3. The van der Waals surface area contributed by atoms with Crippen LogP contribution in [0.4, 0.5) is 0 Å². The predicted octanol–water partition coefficient (Wildman–Crippen LogP) is 5.12. The number of halogens is 3. The number of hydrogen-bond acceptors (Lipinski definition) is 3. The van der Waals surface area contributed by atoms with Crippen LogP contribution in [0.1, 0.15) is 9.75 Å². The molecule has 2 aromatic rings. The Morgan fingerprint density at radius 3 is 2.68 bits per heavy atom. The number of ether oxygens (including phenoxy) is 1. The summed E-state index contributed by atoms with van der Waals surface area (Å²) in [5, 5.41) is 4.25. The van der Waals surface area contributed by atoms with Gasteiger partial charge in [-0.1, -0.05) is 23.2 Å². The molecule has 0 atom stereocenters. The van der Waals surface area contributed by atoms with Crippen LogP contribution in [0.25, 0.3) is 0 Å². The SMILES string of the molecule is CNCc1ccc(COc2cc(Cl)c(Br)cc2Cl)s1. The molecular formula is C13H12BrCl2NOS. The van der Waals surface area contributed by atoms with Gasteiger partial charge in [-0.05, 0) is 41.2 Å². The maximum absolute atomic E-state index is 6.10. The van der Waals surface area contributed by atoms with Gasteiger partial charge in [0.15, 0.2) is 0 Å². The van der Waals surface area contributed by atoms with Gasteiger partial charge >= 0.3 is 0 Å². The first-order valence-electron chi connectivity index (χ1n) is 5.59. The van der Waals surface area contributed by atoms with Crippen LogP contribution in [0.15, 0.2) is 28.7 Å². The molecule has 2 rings (SSSR count). The largest absolute Gasteiger partial charge is 0.486 e. The van der Waals surface area contributed by atoms with E-state index in [1.807, 2.05) is 7.05 Å². The van der Waals surface area contributed by atoms with Crippen molar-refractivity contribution in [1.82, 2.24) is 5.32 Å². The lowest BCUT2D eigenvalue weighted by molar-refractivity contribution is 0.310. The van der Waals surface area contributed by atoms with Gasteiger partial charge in [0.2, 0.25) is 0 Å². The van der Waals surface area contributed by atoms with Crippen LogP contribution in [0, 0.1) is 0 Å². The number of rotatable bonds is 5. The summed E-state index contributed by atoms with van der Waals surface area (Å²) < 4.78 is 6.47. The molecule has 1 heterocycles. The maximum Gasteiger partial charge on any atom is 0.140 e. The zero-order chi connectivity index (χ0) is 13.8. The molecule has 0 saturated heterocycles. The third-order valence-electron chi connectivity index (χ3n) is 2.41. The molecule has 1 aromatic heterocycles. The molecule has 0 aliphatic rings. The van der Waals surface area contributed by atoms with Gasteiger partial charge in [0.05, 0.1) is 10.0 Å². The molecule has 2 nitrogen and oxygen atoms in total. The van der Waals surface area contributed by atoms with E-state index in [2.05, 4.69) is 33.4 Å². The van der Waals surface area contributed by atoms with Crippen LogP contribution in [0.5, 0.6) is 5.75 Å². The van der Waals surface area contributed by atoms with Crippen molar-refractivity contribution in [2.24, 2.45) is 0 Å². The normalized spacial score (nSPS) is 10.7. The van der Waals surface area contributed by atoms with Gasteiger partial charge in [0.25, 0.3) is 0 Å². The van der Waals surface area contributed by atoms with Gasteiger partial charge < -0.3 is 10.1 Å². The van der Waals surface area contributed by atoms with Crippen molar-refractivity contribution >= 4 is 50.5 Å². The monoisotopic (exact) mass is 379 g/mol. The molecule has 6 heteroatoms. The summed E-state index contributed by atoms with van der Waals surface area (Å²) in [5.74, 6) is 0.596. The minimum atomic E-state index is 0.492. The van der Waals surface area contributed by atoms with Gasteiger partial charge in [0, 0.05) is 26.8 Å². The Balaban J connectivity index is 2.03. The van der Waals surface area contributed by atoms with Crippen LogP contribution in [0.2, 0.25) is 10.0 Å². The second-order valence-corrected chi connectivity index (χ2v) is 6.81. The molecule has 0 fully saturated rings. The predicted molar refractivity (Wildman–Crippen MR) is 85.6 cm³/mol. The number of hydrogen-bond donors (Lipinski definition) is 1. The fraction of sp³-hybridized carbons (Fsp3) is 0.231. The Labute approximate surface area is 134 Å². The zero-order valence-corrected chi connectivity index (χ0v) is 14.1. The van der Waals surface area contributed by atoms with Crippen LogP contribution in [-0.4, -0.2) is 7.05 Å². The quantitative estimate of drug-likeness (QED) is 0.727. The molecule has 19 heavy (non-hydrogen) atoms. The Morgan fingerprint density at radius 2 is 1.95 bits per heavy atom. The van der Waals surface area contributed by atoms with Crippen molar-refractivity contribution in [2.45, 2.75) is 13.2 Å². The van der Waals surface area contributed by atoms with Crippen molar-refractivity contribution in [3.8, 4) is 5.75 Å². The second-order valence-electron chi connectivity index (χ2n) is 3.88. The highest BCUT2D eigenvalue weighted by molar-refractivity contribution is 9.10. The third kappa shape index (κ3) is 4.10. The van der Waals surface area contributed by atoms with Gasteiger partial charge in [-0.25, -0.2) is 0 Å². The summed E-state index contributed by atoms with van der Waals surface area (Å²) in [6.07, 6.45) is 0.